The van der Waals surface area contributed by atoms with E-state index in [0.29, 0.717) is 19.3 Å². The summed E-state index contributed by atoms with van der Waals surface area (Å²) in [4.78, 5) is 16.2. The molecule has 15 heavy (non-hydrogen) atoms. The van der Waals surface area contributed by atoms with Crippen molar-refractivity contribution in [3.8, 4) is 0 Å². The fourth-order valence-corrected chi connectivity index (χ4v) is 2.21. The Hall–Kier alpha value is -0.740. The first kappa shape index (κ1) is 12.3. The second kappa shape index (κ2) is 4.86. The number of ketones is 1. The first-order chi connectivity index (χ1) is 7.01. The molecule has 0 spiro atoms. The van der Waals surface area contributed by atoms with E-state index >= 15 is 0 Å². The smallest absolute Gasteiger partial charge is 0.159 e. The summed E-state index contributed by atoms with van der Waals surface area (Å²) in [6.45, 7) is 5.84. The van der Waals surface area contributed by atoms with E-state index < -0.39 is 5.54 Å². The maximum absolute atomic E-state index is 11.9. The molecule has 2 N–H and O–H groups in total. The number of carbonyl (C=O) groups excluding carboxylic acids is 1. The Morgan fingerprint density at radius 1 is 1.53 bits per heavy atom. The molecule has 1 heterocycles. The van der Waals surface area contributed by atoms with Gasteiger partial charge in [-0.1, -0.05) is 13.8 Å². The molecule has 0 saturated heterocycles. The van der Waals surface area contributed by atoms with Gasteiger partial charge in [0.25, 0.3) is 0 Å². The van der Waals surface area contributed by atoms with Gasteiger partial charge in [-0.25, -0.2) is 4.98 Å². The third-order valence-electron chi connectivity index (χ3n) is 2.80. The number of aryl methyl sites for hydroxylation is 1. The standard InChI is InChI=1S/C11H18N2OS/c1-4-11(12,5-2)9(14)6-10-13-8(3)7-15-10/h7H,4-6,12H2,1-3H3. The molecular weight excluding hydrogens is 208 g/mol. The molecular formula is C11H18N2OS. The SMILES string of the molecule is CCC(N)(CC)C(=O)Cc1nc(C)cs1. The average molecular weight is 226 g/mol. The van der Waals surface area contributed by atoms with E-state index in [4.69, 9.17) is 5.73 Å². The summed E-state index contributed by atoms with van der Waals surface area (Å²) in [5, 5.41) is 2.83. The van der Waals surface area contributed by atoms with Crippen molar-refractivity contribution in [2.24, 2.45) is 5.73 Å². The lowest BCUT2D eigenvalue weighted by Crippen LogP contribution is -2.47. The molecule has 4 heteroatoms. The number of hydrogen-bond acceptors (Lipinski definition) is 4. The lowest BCUT2D eigenvalue weighted by Gasteiger charge is -2.24. The Morgan fingerprint density at radius 2 is 2.13 bits per heavy atom. The molecule has 0 aliphatic carbocycles. The van der Waals surface area contributed by atoms with E-state index in [1.807, 2.05) is 26.2 Å². The van der Waals surface area contributed by atoms with E-state index in [0.717, 1.165) is 10.7 Å². The number of carbonyl (C=O) groups is 1. The quantitative estimate of drug-likeness (QED) is 0.836. The molecule has 0 aliphatic heterocycles. The molecule has 0 atom stereocenters. The van der Waals surface area contributed by atoms with Crippen LogP contribution in [0.5, 0.6) is 0 Å². The van der Waals surface area contributed by atoms with Crippen molar-refractivity contribution in [1.29, 1.82) is 0 Å². The molecule has 0 radical (unpaired) electrons. The second-order valence-corrected chi connectivity index (χ2v) is 4.79. The van der Waals surface area contributed by atoms with Crippen LogP contribution in [0, 0.1) is 6.92 Å². The summed E-state index contributed by atoms with van der Waals surface area (Å²) in [5.74, 6) is 0.0989. The predicted octanol–water partition coefficient (Wildman–Crippen LogP) is 2.08. The highest BCUT2D eigenvalue weighted by Crippen LogP contribution is 2.17. The highest BCUT2D eigenvalue weighted by molar-refractivity contribution is 7.09. The molecule has 1 aromatic rings. The highest BCUT2D eigenvalue weighted by Gasteiger charge is 2.29. The summed E-state index contributed by atoms with van der Waals surface area (Å²) >= 11 is 1.53. The lowest BCUT2D eigenvalue weighted by atomic mass is 9.88. The monoisotopic (exact) mass is 226 g/mol. The Bertz CT molecular complexity index is 342. The minimum absolute atomic E-state index is 0.0989. The van der Waals surface area contributed by atoms with Gasteiger partial charge < -0.3 is 5.73 Å². The number of nitrogens with zero attached hydrogens (tertiary/aromatic N) is 1. The van der Waals surface area contributed by atoms with Gasteiger partial charge in [0, 0.05) is 11.1 Å². The van der Waals surface area contributed by atoms with Crippen LogP contribution in [-0.2, 0) is 11.2 Å². The number of rotatable bonds is 5. The van der Waals surface area contributed by atoms with Gasteiger partial charge in [-0.15, -0.1) is 11.3 Å². The molecule has 0 bridgehead atoms. The summed E-state index contributed by atoms with van der Waals surface area (Å²) < 4.78 is 0. The van der Waals surface area contributed by atoms with Gasteiger partial charge in [0.05, 0.1) is 12.0 Å². The van der Waals surface area contributed by atoms with E-state index in [9.17, 15) is 4.79 Å². The zero-order valence-corrected chi connectivity index (χ0v) is 10.4. The van der Waals surface area contributed by atoms with Gasteiger partial charge in [-0.2, -0.15) is 0 Å². The Balaban J connectivity index is 2.70. The molecule has 0 saturated carbocycles. The van der Waals surface area contributed by atoms with E-state index in [2.05, 4.69) is 4.98 Å². The van der Waals surface area contributed by atoms with Crippen LogP contribution in [0.15, 0.2) is 5.38 Å². The molecule has 0 unspecified atom stereocenters. The predicted molar refractivity (Wildman–Crippen MR) is 63.1 cm³/mol. The van der Waals surface area contributed by atoms with Crippen molar-refractivity contribution in [2.75, 3.05) is 0 Å². The zero-order valence-electron chi connectivity index (χ0n) is 9.54. The minimum atomic E-state index is -0.667. The summed E-state index contributed by atoms with van der Waals surface area (Å²) in [5.41, 5.74) is 6.33. The zero-order chi connectivity index (χ0) is 11.5. The van der Waals surface area contributed by atoms with Gasteiger partial charge in [0.1, 0.15) is 5.01 Å². The van der Waals surface area contributed by atoms with Gasteiger partial charge in [0.15, 0.2) is 5.78 Å². The van der Waals surface area contributed by atoms with Crippen LogP contribution in [0.2, 0.25) is 0 Å². The Labute approximate surface area is 94.7 Å². The van der Waals surface area contributed by atoms with Crippen LogP contribution in [0.4, 0.5) is 0 Å². The molecule has 0 aromatic carbocycles. The van der Waals surface area contributed by atoms with Gasteiger partial charge in [0.2, 0.25) is 0 Å². The van der Waals surface area contributed by atoms with Crippen molar-refractivity contribution in [2.45, 2.75) is 45.6 Å². The first-order valence-electron chi connectivity index (χ1n) is 5.25. The summed E-state index contributed by atoms with van der Waals surface area (Å²) in [6.07, 6.45) is 1.75. The summed E-state index contributed by atoms with van der Waals surface area (Å²) in [7, 11) is 0. The Morgan fingerprint density at radius 3 is 2.53 bits per heavy atom. The van der Waals surface area contributed by atoms with E-state index in [1.54, 1.807) is 0 Å². The van der Waals surface area contributed by atoms with E-state index in [1.165, 1.54) is 11.3 Å². The topological polar surface area (TPSA) is 56.0 Å². The number of nitrogens with two attached hydrogens (primary N) is 1. The molecule has 1 rings (SSSR count). The molecule has 0 fully saturated rings. The van der Waals surface area contributed by atoms with Crippen molar-refractivity contribution < 1.29 is 4.79 Å². The fraction of sp³-hybridized carbons (Fsp3) is 0.636. The van der Waals surface area contributed by atoms with Crippen LogP contribution in [0.3, 0.4) is 0 Å². The van der Waals surface area contributed by atoms with Crippen LogP contribution >= 0.6 is 11.3 Å². The molecule has 0 aliphatic rings. The van der Waals surface area contributed by atoms with Gasteiger partial charge in [-0.05, 0) is 19.8 Å². The molecule has 0 amide bonds. The van der Waals surface area contributed by atoms with Crippen LogP contribution in [0.25, 0.3) is 0 Å². The van der Waals surface area contributed by atoms with Gasteiger partial charge in [-0.3, -0.25) is 4.79 Å². The van der Waals surface area contributed by atoms with Crippen molar-refractivity contribution >= 4 is 17.1 Å². The van der Waals surface area contributed by atoms with Crippen molar-refractivity contribution in [1.82, 2.24) is 4.98 Å². The fourth-order valence-electron chi connectivity index (χ4n) is 1.44. The summed E-state index contributed by atoms with van der Waals surface area (Å²) in [6, 6.07) is 0. The lowest BCUT2D eigenvalue weighted by molar-refractivity contribution is -0.123. The average Bonchev–Trinajstić information content (AvgIpc) is 2.62. The van der Waals surface area contributed by atoms with Crippen molar-refractivity contribution in [3.05, 3.63) is 16.1 Å². The van der Waals surface area contributed by atoms with E-state index in [-0.39, 0.29) is 5.78 Å². The van der Waals surface area contributed by atoms with Crippen molar-refractivity contribution in [3.63, 3.8) is 0 Å². The second-order valence-electron chi connectivity index (χ2n) is 3.85. The molecule has 3 nitrogen and oxygen atoms in total. The molecule has 1 aromatic heterocycles. The Kier molecular flexibility index (Phi) is 3.99. The first-order valence-corrected chi connectivity index (χ1v) is 6.13. The largest absolute Gasteiger partial charge is 0.319 e. The molecule has 84 valence electrons. The maximum Gasteiger partial charge on any atom is 0.159 e. The van der Waals surface area contributed by atoms with Crippen LogP contribution in [-0.4, -0.2) is 16.3 Å². The van der Waals surface area contributed by atoms with Crippen LogP contribution < -0.4 is 5.73 Å². The highest BCUT2D eigenvalue weighted by atomic mass is 32.1. The number of Topliss-reactive ketones (excluding diaryl/α,β-unsaturated/α-hetero) is 1. The third kappa shape index (κ3) is 2.86. The number of hydrogen-bond donors (Lipinski definition) is 1. The van der Waals surface area contributed by atoms with Gasteiger partial charge >= 0.3 is 0 Å². The third-order valence-corrected chi connectivity index (χ3v) is 3.76. The number of aromatic nitrogens is 1. The number of thiazole rings is 1. The maximum atomic E-state index is 11.9. The van der Waals surface area contributed by atoms with Crippen LogP contribution in [0.1, 0.15) is 37.4 Å². The normalized spacial score (nSPS) is 11.7. The minimum Gasteiger partial charge on any atom is -0.319 e.